The topological polar surface area (TPSA) is 99.9 Å². The van der Waals surface area contributed by atoms with Gasteiger partial charge in [-0.25, -0.2) is 4.99 Å². The molecule has 1 aliphatic carbocycles. The van der Waals surface area contributed by atoms with Crippen molar-refractivity contribution in [2.24, 2.45) is 4.99 Å². The maximum absolute atomic E-state index is 14.0. The van der Waals surface area contributed by atoms with E-state index >= 15 is 0 Å². The Morgan fingerprint density at radius 3 is 2.67 bits per heavy atom. The normalized spacial score (nSPS) is 16.0. The molecular formula is C32H22ClN3O5S. The van der Waals surface area contributed by atoms with Gasteiger partial charge in [0.2, 0.25) is 0 Å². The Morgan fingerprint density at radius 1 is 1.07 bits per heavy atom. The monoisotopic (exact) mass is 595 g/mol. The molecule has 2 aliphatic rings. The summed E-state index contributed by atoms with van der Waals surface area (Å²) in [5, 5.41) is 12.3. The Kier molecular flexibility index (Phi) is 6.41. The number of methoxy groups -OCH3 is 1. The van der Waals surface area contributed by atoms with Crippen LogP contribution in [0.25, 0.3) is 23.1 Å². The molecule has 0 radical (unpaired) electrons. The molecule has 42 heavy (non-hydrogen) atoms. The van der Waals surface area contributed by atoms with Gasteiger partial charge in [0.25, 0.3) is 11.2 Å². The molecule has 0 saturated carbocycles. The van der Waals surface area contributed by atoms with Crippen LogP contribution in [0.2, 0.25) is 5.02 Å². The first-order valence-electron chi connectivity index (χ1n) is 13.2. The second-order valence-electron chi connectivity index (χ2n) is 10.0. The summed E-state index contributed by atoms with van der Waals surface area (Å²) in [6.07, 6.45) is 3.32. The smallest absolute Gasteiger partial charge is 0.284 e. The molecule has 2 aromatic heterocycles. The van der Waals surface area contributed by atoms with Crippen LogP contribution in [0.15, 0.2) is 98.6 Å². The van der Waals surface area contributed by atoms with E-state index in [4.69, 9.17) is 25.7 Å². The zero-order chi connectivity index (χ0) is 29.0. The van der Waals surface area contributed by atoms with Crippen LogP contribution in [0, 0.1) is 10.1 Å². The van der Waals surface area contributed by atoms with E-state index in [0.29, 0.717) is 37.2 Å². The summed E-state index contributed by atoms with van der Waals surface area (Å²) in [4.78, 5) is 30.8. The van der Waals surface area contributed by atoms with E-state index in [1.165, 1.54) is 30.1 Å². The van der Waals surface area contributed by atoms with Crippen LogP contribution in [-0.2, 0) is 6.42 Å². The predicted octanol–water partition coefficient (Wildman–Crippen LogP) is 6.15. The first-order valence-corrected chi connectivity index (χ1v) is 14.4. The number of benzene rings is 3. The highest BCUT2D eigenvalue weighted by molar-refractivity contribution is 7.07. The van der Waals surface area contributed by atoms with E-state index in [2.05, 4.69) is 12.1 Å². The van der Waals surface area contributed by atoms with E-state index in [9.17, 15) is 14.9 Å². The summed E-state index contributed by atoms with van der Waals surface area (Å²) < 4.78 is 13.3. The molecule has 0 unspecified atom stereocenters. The zero-order valence-corrected chi connectivity index (χ0v) is 23.8. The maximum Gasteiger partial charge on any atom is 0.284 e. The largest absolute Gasteiger partial charge is 0.497 e. The van der Waals surface area contributed by atoms with Crippen LogP contribution in [0.3, 0.4) is 0 Å². The number of thiazole rings is 1. The van der Waals surface area contributed by atoms with Gasteiger partial charge in [-0.05, 0) is 65.9 Å². The predicted molar refractivity (Wildman–Crippen MR) is 162 cm³/mol. The van der Waals surface area contributed by atoms with E-state index in [1.54, 1.807) is 34.9 Å². The van der Waals surface area contributed by atoms with Crippen molar-refractivity contribution >= 4 is 40.4 Å². The van der Waals surface area contributed by atoms with Crippen LogP contribution in [0.5, 0.6) is 5.75 Å². The third-order valence-corrected chi connectivity index (χ3v) is 8.86. The van der Waals surface area contributed by atoms with Gasteiger partial charge in [-0.15, -0.1) is 0 Å². The van der Waals surface area contributed by atoms with Gasteiger partial charge in [0.05, 0.1) is 39.9 Å². The number of rotatable bonds is 5. The van der Waals surface area contributed by atoms with Crippen molar-refractivity contribution in [3.63, 3.8) is 0 Å². The lowest BCUT2D eigenvalue weighted by atomic mass is 9.83. The molecule has 0 fully saturated rings. The highest BCUT2D eigenvalue weighted by atomic mass is 35.5. The fourth-order valence-corrected chi connectivity index (χ4v) is 6.78. The molecule has 7 rings (SSSR count). The number of allylic oxidation sites excluding steroid dienone is 1. The van der Waals surface area contributed by atoms with Crippen LogP contribution in [0.4, 0.5) is 5.69 Å². The number of halogens is 1. The van der Waals surface area contributed by atoms with Crippen molar-refractivity contribution < 1.29 is 14.1 Å². The van der Waals surface area contributed by atoms with Gasteiger partial charge < -0.3 is 9.15 Å². The molecule has 5 aromatic rings. The number of aryl methyl sites for hydroxylation is 1. The molecule has 3 heterocycles. The Labute approximate surface area is 248 Å². The molecule has 8 nitrogen and oxygen atoms in total. The molecule has 0 spiro atoms. The summed E-state index contributed by atoms with van der Waals surface area (Å²) in [7, 11) is 1.45. The maximum atomic E-state index is 14.0. The van der Waals surface area contributed by atoms with Gasteiger partial charge >= 0.3 is 0 Å². The number of aromatic nitrogens is 1. The number of nitro benzene ring substituents is 1. The van der Waals surface area contributed by atoms with Crippen LogP contribution < -0.4 is 19.6 Å². The number of furan rings is 1. The van der Waals surface area contributed by atoms with Crippen molar-refractivity contribution in [3.05, 3.63) is 142 Å². The van der Waals surface area contributed by atoms with E-state index in [-0.39, 0.29) is 17.3 Å². The highest BCUT2D eigenvalue weighted by Crippen LogP contribution is 2.41. The Hall–Kier alpha value is -4.73. The van der Waals surface area contributed by atoms with Crippen LogP contribution in [-0.4, -0.2) is 16.6 Å². The van der Waals surface area contributed by atoms with Gasteiger partial charge in [-0.1, -0.05) is 59.3 Å². The third-order valence-electron chi connectivity index (χ3n) is 7.63. The number of fused-ring (bicyclic) bond motifs is 3. The van der Waals surface area contributed by atoms with Crippen molar-refractivity contribution in [1.29, 1.82) is 0 Å². The minimum Gasteiger partial charge on any atom is -0.497 e. The van der Waals surface area contributed by atoms with E-state index in [0.717, 1.165) is 35.2 Å². The summed E-state index contributed by atoms with van der Waals surface area (Å²) in [5.41, 5.74) is 5.30. The van der Waals surface area contributed by atoms with Crippen LogP contribution >= 0.6 is 22.9 Å². The number of hydrogen-bond acceptors (Lipinski definition) is 7. The molecule has 0 amide bonds. The number of ether oxygens (including phenoxy) is 1. The molecule has 10 heteroatoms. The third kappa shape index (κ3) is 4.38. The van der Waals surface area contributed by atoms with Crippen molar-refractivity contribution in [1.82, 2.24) is 4.57 Å². The minimum absolute atomic E-state index is 0.136. The second-order valence-corrected chi connectivity index (χ2v) is 11.5. The lowest BCUT2D eigenvalue weighted by Gasteiger charge is -2.30. The quantitative estimate of drug-likeness (QED) is 0.179. The average Bonchev–Trinajstić information content (AvgIpc) is 3.60. The van der Waals surface area contributed by atoms with Crippen molar-refractivity contribution in [2.75, 3.05) is 7.11 Å². The van der Waals surface area contributed by atoms with Gasteiger partial charge in [0.15, 0.2) is 4.80 Å². The number of hydrogen-bond donors (Lipinski definition) is 0. The first-order chi connectivity index (χ1) is 20.4. The van der Waals surface area contributed by atoms with Gasteiger partial charge in [0.1, 0.15) is 17.3 Å². The molecule has 1 atom stereocenters. The Bertz CT molecular complexity index is 2110. The molecule has 0 saturated heterocycles. The summed E-state index contributed by atoms with van der Waals surface area (Å²) in [6.45, 7) is 0. The second kappa shape index (κ2) is 10.3. The zero-order valence-electron chi connectivity index (χ0n) is 22.2. The molecule has 3 aromatic carbocycles. The standard InChI is InChI=1S/C32H22ClN3O5S/c1-40-21-11-14-24(26(16-21)36(38)39)27-15-12-22(41-27)17-28-31(37)35-30(19-6-9-20(33)10-7-19)25-13-8-18-4-2-3-5-23(18)29(25)34-32(35)42-28/h2-7,9-12,14-17,30H,8,13H2,1H3/b28-17+/t30-/m0/s1. The first kappa shape index (κ1) is 26.2. The summed E-state index contributed by atoms with van der Waals surface area (Å²) in [6, 6.07) is 23.5. The van der Waals surface area contributed by atoms with Gasteiger partial charge in [-0.3, -0.25) is 19.5 Å². The van der Waals surface area contributed by atoms with E-state index < -0.39 is 4.92 Å². The number of nitrogens with zero attached hydrogens (tertiary/aromatic N) is 3. The summed E-state index contributed by atoms with van der Waals surface area (Å²) >= 11 is 7.50. The molecular weight excluding hydrogens is 574 g/mol. The van der Waals surface area contributed by atoms with Crippen LogP contribution in [0.1, 0.15) is 34.9 Å². The minimum atomic E-state index is -0.477. The summed E-state index contributed by atoms with van der Waals surface area (Å²) in [5.74, 6) is 1.09. The molecule has 208 valence electrons. The SMILES string of the molecule is COc1ccc(-c2ccc(/C=c3/sc4n(c3=O)[C@@H](c3ccc(Cl)cc3)C3=C(N=4)c4ccccc4CC3)o2)c([N+](=O)[O-])c1. The fraction of sp³-hybridized carbons (Fsp3) is 0.125. The van der Waals surface area contributed by atoms with E-state index in [1.807, 2.05) is 36.4 Å². The Balaban J connectivity index is 1.37. The molecule has 0 bridgehead atoms. The molecule has 1 aliphatic heterocycles. The van der Waals surface area contributed by atoms with Gasteiger partial charge in [0, 0.05) is 16.7 Å². The lowest BCUT2D eigenvalue weighted by Crippen LogP contribution is -2.38. The van der Waals surface area contributed by atoms with Crippen molar-refractivity contribution in [2.45, 2.75) is 18.9 Å². The average molecular weight is 596 g/mol. The lowest BCUT2D eigenvalue weighted by molar-refractivity contribution is -0.384. The fourth-order valence-electron chi connectivity index (χ4n) is 5.67. The number of nitro groups is 1. The molecule has 0 N–H and O–H groups in total. The van der Waals surface area contributed by atoms with Crippen molar-refractivity contribution in [3.8, 4) is 17.1 Å². The Morgan fingerprint density at radius 2 is 1.88 bits per heavy atom. The highest BCUT2D eigenvalue weighted by Gasteiger charge is 2.32. The van der Waals surface area contributed by atoms with Gasteiger partial charge in [-0.2, -0.15) is 0 Å².